The Kier molecular flexibility index (Phi) is 3.23. The van der Waals surface area contributed by atoms with Crippen LogP contribution in [0, 0.1) is 13.8 Å². The van der Waals surface area contributed by atoms with E-state index in [-0.39, 0.29) is 0 Å². The maximum atomic E-state index is 4.33. The molecule has 0 bridgehead atoms. The van der Waals surface area contributed by atoms with E-state index in [4.69, 9.17) is 0 Å². The number of benzene rings is 1. The van der Waals surface area contributed by atoms with Gasteiger partial charge in [-0.1, -0.05) is 25.0 Å². The van der Waals surface area contributed by atoms with Gasteiger partial charge in [0.1, 0.15) is 0 Å². The molecular formula is C19H25N3. The molecule has 0 radical (unpaired) electrons. The van der Waals surface area contributed by atoms with E-state index >= 15 is 0 Å². The molecule has 1 saturated heterocycles. The molecule has 2 fully saturated rings. The highest BCUT2D eigenvalue weighted by Gasteiger charge is 2.48. The predicted octanol–water partition coefficient (Wildman–Crippen LogP) is 3.76. The number of fused-ring (bicyclic) bond motifs is 2. The van der Waals surface area contributed by atoms with Crippen LogP contribution in [-0.4, -0.2) is 34.7 Å². The van der Waals surface area contributed by atoms with Crippen LogP contribution in [0.5, 0.6) is 0 Å². The molecule has 3 nitrogen and oxygen atoms in total. The van der Waals surface area contributed by atoms with Gasteiger partial charge in [-0.25, -0.2) is 0 Å². The van der Waals surface area contributed by atoms with Crippen molar-refractivity contribution >= 4 is 10.8 Å². The average Bonchev–Trinajstić information content (AvgIpc) is 2.90. The molecule has 0 amide bonds. The van der Waals surface area contributed by atoms with Crippen LogP contribution >= 0.6 is 0 Å². The van der Waals surface area contributed by atoms with Gasteiger partial charge >= 0.3 is 0 Å². The van der Waals surface area contributed by atoms with E-state index in [9.17, 15) is 0 Å². The van der Waals surface area contributed by atoms with Crippen molar-refractivity contribution in [2.45, 2.75) is 57.4 Å². The van der Waals surface area contributed by atoms with Gasteiger partial charge in [0, 0.05) is 22.2 Å². The molecule has 4 rings (SSSR count). The Morgan fingerprint density at radius 3 is 2.64 bits per heavy atom. The van der Waals surface area contributed by atoms with Gasteiger partial charge < -0.3 is 4.90 Å². The lowest BCUT2D eigenvalue weighted by molar-refractivity contribution is 0.182. The van der Waals surface area contributed by atoms with Gasteiger partial charge in [-0.3, -0.25) is 0 Å². The van der Waals surface area contributed by atoms with Crippen LogP contribution in [-0.2, 0) is 5.41 Å². The fraction of sp³-hybridized carbons (Fsp3) is 0.579. The van der Waals surface area contributed by atoms with E-state index in [0.717, 1.165) is 17.4 Å². The first-order chi connectivity index (χ1) is 10.6. The molecule has 1 saturated carbocycles. The maximum Gasteiger partial charge on any atom is 0.0678 e. The van der Waals surface area contributed by atoms with E-state index in [1.165, 1.54) is 55.0 Å². The van der Waals surface area contributed by atoms with Gasteiger partial charge in [0.15, 0.2) is 0 Å². The molecule has 2 aliphatic rings. The lowest BCUT2D eigenvalue weighted by atomic mass is 9.66. The van der Waals surface area contributed by atoms with E-state index in [0.29, 0.717) is 5.41 Å². The van der Waals surface area contributed by atoms with E-state index in [2.05, 4.69) is 54.2 Å². The summed E-state index contributed by atoms with van der Waals surface area (Å²) in [5.41, 5.74) is 3.99. The number of hydrogen-bond acceptors (Lipinski definition) is 3. The summed E-state index contributed by atoms with van der Waals surface area (Å²) in [6, 6.07) is 7.79. The highest BCUT2D eigenvalue weighted by molar-refractivity contribution is 5.86. The molecule has 1 aliphatic carbocycles. The molecule has 3 heteroatoms. The predicted molar refractivity (Wildman–Crippen MR) is 90.2 cm³/mol. The molecule has 116 valence electrons. The zero-order chi connectivity index (χ0) is 15.3. The van der Waals surface area contributed by atoms with Crippen molar-refractivity contribution in [3.05, 3.63) is 35.2 Å². The van der Waals surface area contributed by atoms with Gasteiger partial charge in [-0.15, -0.1) is 0 Å². The lowest BCUT2D eigenvalue weighted by Crippen LogP contribution is -2.43. The number of likely N-dealkylation sites (tertiary alicyclic amines) is 1. The molecule has 0 unspecified atom stereocenters. The quantitative estimate of drug-likeness (QED) is 0.802. The van der Waals surface area contributed by atoms with Crippen LogP contribution in [0.2, 0.25) is 0 Å². The third-order valence-electron chi connectivity index (χ3n) is 6.16. The van der Waals surface area contributed by atoms with Gasteiger partial charge in [-0.2, -0.15) is 10.2 Å². The monoisotopic (exact) mass is 295 g/mol. The van der Waals surface area contributed by atoms with E-state index in [1.807, 2.05) is 0 Å². The Balaban J connectivity index is 1.88. The van der Waals surface area contributed by atoms with Crippen LogP contribution in [0.4, 0.5) is 0 Å². The normalized spacial score (nSPS) is 29.0. The van der Waals surface area contributed by atoms with Crippen LogP contribution < -0.4 is 0 Å². The first-order valence-corrected chi connectivity index (χ1v) is 8.56. The number of rotatable bonds is 1. The molecule has 22 heavy (non-hydrogen) atoms. The summed E-state index contributed by atoms with van der Waals surface area (Å²) in [6.45, 7) is 5.37. The van der Waals surface area contributed by atoms with Gasteiger partial charge in [0.25, 0.3) is 0 Å². The SMILES string of the molecule is Cc1nnc(C)c2cc([C@]34CCCC[C@H]3N(C)CC4)ccc12. The molecule has 0 N–H and O–H groups in total. The second-order valence-corrected chi connectivity index (χ2v) is 7.28. The molecule has 0 spiro atoms. The molecule has 2 heterocycles. The number of hydrogen-bond donors (Lipinski definition) is 0. The molecular weight excluding hydrogens is 270 g/mol. The van der Waals surface area contributed by atoms with Crippen molar-refractivity contribution in [3.8, 4) is 0 Å². The van der Waals surface area contributed by atoms with Crippen molar-refractivity contribution in [3.63, 3.8) is 0 Å². The smallest absolute Gasteiger partial charge is 0.0678 e. The second kappa shape index (κ2) is 5.02. The average molecular weight is 295 g/mol. The standard InChI is InChI=1S/C19H25N3/c1-13-16-8-7-15(12-17(16)14(2)21-20-13)19-9-5-4-6-18(19)22(3)11-10-19/h7-8,12,18H,4-6,9-11H2,1-3H3/t18-,19-/m1/s1. The number of aryl methyl sites for hydroxylation is 2. The van der Waals surface area contributed by atoms with Crippen molar-refractivity contribution in [1.29, 1.82) is 0 Å². The summed E-state index contributed by atoms with van der Waals surface area (Å²) in [5, 5.41) is 11.1. The molecule has 2 atom stereocenters. The Labute approximate surface area is 132 Å². The van der Waals surface area contributed by atoms with Crippen molar-refractivity contribution < 1.29 is 0 Å². The fourth-order valence-electron chi connectivity index (χ4n) is 4.89. The highest BCUT2D eigenvalue weighted by atomic mass is 15.2. The van der Waals surface area contributed by atoms with E-state index in [1.54, 1.807) is 0 Å². The van der Waals surface area contributed by atoms with Crippen LogP contribution in [0.3, 0.4) is 0 Å². The Morgan fingerprint density at radius 2 is 1.82 bits per heavy atom. The van der Waals surface area contributed by atoms with E-state index < -0.39 is 0 Å². The maximum absolute atomic E-state index is 4.33. The van der Waals surface area contributed by atoms with Crippen molar-refractivity contribution in [1.82, 2.24) is 15.1 Å². The summed E-state index contributed by atoms with van der Waals surface area (Å²) in [4.78, 5) is 2.59. The summed E-state index contributed by atoms with van der Waals surface area (Å²) < 4.78 is 0. The van der Waals surface area contributed by atoms with Crippen LogP contribution in [0.1, 0.15) is 49.1 Å². The molecule has 2 aromatic rings. The zero-order valence-electron chi connectivity index (χ0n) is 13.9. The van der Waals surface area contributed by atoms with Crippen LogP contribution in [0.15, 0.2) is 18.2 Å². The second-order valence-electron chi connectivity index (χ2n) is 7.28. The molecule has 1 aromatic heterocycles. The zero-order valence-corrected chi connectivity index (χ0v) is 13.9. The number of nitrogens with zero attached hydrogens (tertiary/aromatic N) is 3. The van der Waals surface area contributed by atoms with Gasteiger partial charge in [0.2, 0.25) is 0 Å². The third-order valence-corrected chi connectivity index (χ3v) is 6.16. The number of likely N-dealkylation sites (N-methyl/N-ethyl adjacent to an activating group) is 1. The summed E-state index contributed by atoms with van der Waals surface area (Å²) >= 11 is 0. The molecule has 1 aliphatic heterocycles. The van der Waals surface area contributed by atoms with Crippen molar-refractivity contribution in [2.24, 2.45) is 0 Å². The Bertz CT molecular complexity index is 720. The first kappa shape index (κ1) is 14.1. The van der Waals surface area contributed by atoms with Crippen LogP contribution in [0.25, 0.3) is 10.8 Å². The third kappa shape index (κ3) is 1.91. The van der Waals surface area contributed by atoms with Gasteiger partial charge in [-0.05, 0) is 58.3 Å². The van der Waals surface area contributed by atoms with Crippen molar-refractivity contribution in [2.75, 3.05) is 13.6 Å². The fourth-order valence-corrected chi connectivity index (χ4v) is 4.89. The minimum absolute atomic E-state index is 0.366. The summed E-state index contributed by atoms with van der Waals surface area (Å²) in [7, 11) is 2.31. The largest absolute Gasteiger partial charge is 0.302 e. The minimum atomic E-state index is 0.366. The highest BCUT2D eigenvalue weighted by Crippen LogP contribution is 2.48. The topological polar surface area (TPSA) is 29.0 Å². The molecule has 1 aromatic carbocycles. The minimum Gasteiger partial charge on any atom is -0.302 e. The van der Waals surface area contributed by atoms with Gasteiger partial charge in [0.05, 0.1) is 11.4 Å². The Morgan fingerprint density at radius 1 is 1.05 bits per heavy atom. The summed E-state index contributed by atoms with van der Waals surface area (Å²) in [5.74, 6) is 0. The lowest BCUT2D eigenvalue weighted by Gasteiger charge is -2.42. The number of aromatic nitrogens is 2. The Hall–Kier alpha value is -1.48. The first-order valence-electron chi connectivity index (χ1n) is 8.56. The summed E-state index contributed by atoms with van der Waals surface area (Å²) in [6.07, 6.45) is 6.74.